The van der Waals surface area contributed by atoms with Gasteiger partial charge < -0.3 is 4.74 Å². The summed E-state index contributed by atoms with van der Waals surface area (Å²) >= 11 is 0. The molecule has 4 amide bonds. The fourth-order valence-electron chi connectivity index (χ4n) is 2.17. The summed E-state index contributed by atoms with van der Waals surface area (Å²) in [6.07, 6.45) is -0.872. The molecule has 1 heterocycles. The monoisotopic (exact) mass is 351 g/mol. The fourth-order valence-corrected chi connectivity index (χ4v) is 2.17. The summed E-state index contributed by atoms with van der Waals surface area (Å²) in [6.45, 7) is 1.36. The number of ether oxygens (including phenoxy) is 1. The Labute approximate surface area is 143 Å². The van der Waals surface area contributed by atoms with Gasteiger partial charge in [-0.05, 0) is 19.1 Å². The predicted molar refractivity (Wildman–Crippen MR) is 83.3 cm³/mol. The van der Waals surface area contributed by atoms with Crippen LogP contribution in [-0.2, 0) is 19.2 Å². The first-order valence-electron chi connectivity index (χ1n) is 7.71. The largest absolute Gasteiger partial charge is 0.478 e. The van der Waals surface area contributed by atoms with Crippen molar-refractivity contribution >= 4 is 23.6 Å². The van der Waals surface area contributed by atoms with E-state index in [1.807, 2.05) is 0 Å². The zero-order valence-corrected chi connectivity index (χ0v) is 13.6. The van der Waals surface area contributed by atoms with Crippen LogP contribution in [0, 0.1) is 5.82 Å². The van der Waals surface area contributed by atoms with E-state index in [-0.39, 0.29) is 43.4 Å². The molecule has 0 spiro atoms. The van der Waals surface area contributed by atoms with Crippen molar-refractivity contribution in [1.82, 2.24) is 15.8 Å². The number of halogens is 1. The van der Waals surface area contributed by atoms with Crippen LogP contribution in [0.1, 0.15) is 26.2 Å². The molecule has 0 unspecified atom stereocenters. The molecular formula is C16H18FN3O5. The Kier molecular flexibility index (Phi) is 6.04. The van der Waals surface area contributed by atoms with E-state index >= 15 is 0 Å². The summed E-state index contributed by atoms with van der Waals surface area (Å²) in [5, 5.41) is 0. The minimum Gasteiger partial charge on any atom is -0.478 e. The first-order chi connectivity index (χ1) is 11.9. The lowest BCUT2D eigenvalue weighted by Crippen LogP contribution is -2.48. The van der Waals surface area contributed by atoms with Crippen molar-refractivity contribution in [3.8, 4) is 5.75 Å². The fraction of sp³-hybridized carbons (Fsp3) is 0.375. The molecule has 1 aliphatic rings. The standard InChI is InChI=1S/C16H18FN3O5/c1-10(25-12-5-3-2-4-11(12)17)16(24)19-18-13(21)8-9-20-14(22)6-7-15(20)23/h2-5,10H,6-9H2,1H3,(H,18,21)(H,19,24)/t10-/m0/s1. The molecule has 8 nitrogen and oxygen atoms in total. The van der Waals surface area contributed by atoms with Gasteiger partial charge in [-0.25, -0.2) is 4.39 Å². The molecule has 1 fully saturated rings. The highest BCUT2D eigenvalue weighted by atomic mass is 19.1. The van der Waals surface area contributed by atoms with Crippen molar-refractivity contribution in [1.29, 1.82) is 0 Å². The number of likely N-dealkylation sites (tertiary alicyclic amines) is 1. The normalized spacial score (nSPS) is 15.0. The highest BCUT2D eigenvalue weighted by molar-refractivity contribution is 6.02. The Hall–Kier alpha value is -2.97. The van der Waals surface area contributed by atoms with Crippen molar-refractivity contribution < 1.29 is 28.3 Å². The Balaban J connectivity index is 1.73. The van der Waals surface area contributed by atoms with Gasteiger partial charge in [-0.1, -0.05) is 12.1 Å². The lowest BCUT2D eigenvalue weighted by atomic mass is 10.3. The highest BCUT2D eigenvalue weighted by Gasteiger charge is 2.28. The van der Waals surface area contributed by atoms with E-state index in [4.69, 9.17) is 4.74 Å². The third kappa shape index (κ3) is 5.00. The molecule has 1 aromatic carbocycles. The number of hydrazine groups is 1. The van der Waals surface area contributed by atoms with Crippen LogP contribution in [0.25, 0.3) is 0 Å². The summed E-state index contributed by atoms with van der Waals surface area (Å²) < 4.78 is 18.6. The number of imide groups is 1. The van der Waals surface area contributed by atoms with Crippen LogP contribution in [0.2, 0.25) is 0 Å². The van der Waals surface area contributed by atoms with Crippen molar-refractivity contribution in [2.75, 3.05) is 6.54 Å². The summed E-state index contributed by atoms with van der Waals surface area (Å²) in [7, 11) is 0. The first-order valence-corrected chi connectivity index (χ1v) is 7.71. The summed E-state index contributed by atoms with van der Waals surface area (Å²) in [5.74, 6) is -2.56. The van der Waals surface area contributed by atoms with Crippen LogP contribution >= 0.6 is 0 Å². The summed E-state index contributed by atoms with van der Waals surface area (Å²) in [4.78, 5) is 47.4. The molecule has 0 saturated carbocycles. The maximum atomic E-state index is 13.5. The molecule has 2 N–H and O–H groups in total. The van der Waals surface area contributed by atoms with Gasteiger partial charge in [-0.15, -0.1) is 0 Å². The molecule has 9 heteroatoms. The molecule has 0 aromatic heterocycles. The van der Waals surface area contributed by atoms with E-state index in [9.17, 15) is 23.6 Å². The smallest absolute Gasteiger partial charge is 0.279 e. The van der Waals surface area contributed by atoms with Gasteiger partial charge in [0.25, 0.3) is 5.91 Å². The Bertz CT molecular complexity index is 678. The molecule has 134 valence electrons. The SMILES string of the molecule is C[C@H](Oc1ccccc1F)C(=O)NNC(=O)CCN1C(=O)CCC1=O. The number of hydrogen-bond acceptors (Lipinski definition) is 5. The van der Waals surface area contributed by atoms with Gasteiger partial charge in [-0.2, -0.15) is 0 Å². The van der Waals surface area contributed by atoms with Crippen LogP contribution in [0.15, 0.2) is 24.3 Å². The van der Waals surface area contributed by atoms with E-state index < -0.39 is 23.7 Å². The van der Waals surface area contributed by atoms with Crippen molar-refractivity contribution in [3.63, 3.8) is 0 Å². The molecule has 2 rings (SSSR count). The van der Waals surface area contributed by atoms with Crippen LogP contribution in [0.4, 0.5) is 4.39 Å². The van der Waals surface area contributed by atoms with Crippen LogP contribution in [-0.4, -0.2) is 41.2 Å². The van der Waals surface area contributed by atoms with Gasteiger partial charge in [0.05, 0.1) is 0 Å². The third-order valence-electron chi connectivity index (χ3n) is 3.55. The van der Waals surface area contributed by atoms with E-state index in [1.54, 1.807) is 6.07 Å². The van der Waals surface area contributed by atoms with Crippen molar-refractivity contribution in [2.24, 2.45) is 0 Å². The number of carbonyl (C=O) groups is 4. The number of amides is 4. The number of nitrogens with one attached hydrogen (secondary N) is 2. The molecule has 0 aliphatic carbocycles. The van der Waals surface area contributed by atoms with Gasteiger partial charge in [0, 0.05) is 25.8 Å². The minimum absolute atomic E-state index is 0.0410. The molecule has 1 saturated heterocycles. The van der Waals surface area contributed by atoms with E-state index in [2.05, 4.69) is 10.9 Å². The van der Waals surface area contributed by atoms with E-state index in [0.29, 0.717) is 0 Å². The topological polar surface area (TPSA) is 105 Å². The second kappa shape index (κ2) is 8.22. The second-order valence-electron chi connectivity index (χ2n) is 5.42. The number of hydrogen-bond donors (Lipinski definition) is 2. The number of rotatable bonds is 6. The number of para-hydroxylation sites is 1. The molecule has 0 bridgehead atoms. The number of nitrogens with zero attached hydrogens (tertiary/aromatic N) is 1. The second-order valence-corrected chi connectivity index (χ2v) is 5.42. The lowest BCUT2D eigenvalue weighted by Gasteiger charge is -2.16. The molecule has 1 atom stereocenters. The Morgan fingerprint density at radius 3 is 2.48 bits per heavy atom. The lowest BCUT2D eigenvalue weighted by molar-refractivity contribution is -0.139. The van der Waals surface area contributed by atoms with Crippen LogP contribution in [0.3, 0.4) is 0 Å². The molecule has 25 heavy (non-hydrogen) atoms. The first kappa shape index (κ1) is 18.4. The Morgan fingerprint density at radius 2 is 1.84 bits per heavy atom. The van der Waals surface area contributed by atoms with Gasteiger partial charge >= 0.3 is 0 Å². The zero-order chi connectivity index (χ0) is 18.4. The van der Waals surface area contributed by atoms with E-state index in [1.165, 1.54) is 25.1 Å². The Morgan fingerprint density at radius 1 is 1.20 bits per heavy atom. The average Bonchev–Trinajstić information content (AvgIpc) is 2.91. The molecular weight excluding hydrogens is 333 g/mol. The van der Waals surface area contributed by atoms with Crippen LogP contribution in [0.5, 0.6) is 5.75 Å². The maximum absolute atomic E-state index is 13.5. The minimum atomic E-state index is -1.04. The number of carbonyl (C=O) groups excluding carboxylic acids is 4. The third-order valence-corrected chi connectivity index (χ3v) is 3.55. The summed E-state index contributed by atoms with van der Waals surface area (Å²) in [6, 6.07) is 5.62. The highest BCUT2D eigenvalue weighted by Crippen LogP contribution is 2.16. The van der Waals surface area contributed by atoms with Crippen LogP contribution < -0.4 is 15.6 Å². The maximum Gasteiger partial charge on any atom is 0.279 e. The van der Waals surface area contributed by atoms with E-state index in [0.717, 1.165) is 4.90 Å². The van der Waals surface area contributed by atoms with Gasteiger partial charge in [0.2, 0.25) is 17.7 Å². The molecule has 1 aliphatic heterocycles. The quantitative estimate of drug-likeness (QED) is 0.566. The molecule has 0 radical (unpaired) electrons. The molecule has 1 aromatic rings. The van der Waals surface area contributed by atoms with Crippen molar-refractivity contribution in [3.05, 3.63) is 30.1 Å². The van der Waals surface area contributed by atoms with Gasteiger partial charge in [0.1, 0.15) is 0 Å². The zero-order valence-electron chi connectivity index (χ0n) is 13.6. The van der Waals surface area contributed by atoms with Gasteiger partial charge in [0.15, 0.2) is 17.7 Å². The average molecular weight is 351 g/mol. The van der Waals surface area contributed by atoms with Gasteiger partial charge in [-0.3, -0.25) is 34.9 Å². The number of benzene rings is 1. The summed E-state index contributed by atoms with van der Waals surface area (Å²) in [5.41, 5.74) is 4.30. The predicted octanol–water partition coefficient (Wildman–Crippen LogP) is 0.279. The van der Waals surface area contributed by atoms with Crippen molar-refractivity contribution in [2.45, 2.75) is 32.3 Å².